The highest BCUT2D eigenvalue weighted by Gasteiger charge is 2.57. The molecule has 0 unspecified atom stereocenters. The summed E-state index contributed by atoms with van der Waals surface area (Å²) in [5, 5.41) is 22.2. The van der Waals surface area contributed by atoms with Crippen LogP contribution in [0.5, 0.6) is 0 Å². The lowest BCUT2D eigenvalue weighted by Gasteiger charge is -2.55. The molecule has 0 aromatic carbocycles. The van der Waals surface area contributed by atoms with Crippen LogP contribution in [0.1, 0.15) is 131 Å². The summed E-state index contributed by atoms with van der Waals surface area (Å²) in [6.45, 7) is 12.1. The summed E-state index contributed by atoms with van der Waals surface area (Å²) in [7, 11) is 0. The Labute approximate surface area is 210 Å². The van der Waals surface area contributed by atoms with Crippen molar-refractivity contribution in [2.24, 2.45) is 46.3 Å². The molecule has 2 N–H and O–H groups in total. The minimum Gasteiger partial charge on any atom is -0.390 e. The van der Waals surface area contributed by atoms with Crippen molar-refractivity contribution < 1.29 is 10.2 Å². The fourth-order valence-corrected chi connectivity index (χ4v) is 9.98. The van der Waals surface area contributed by atoms with Crippen LogP contribution < -0.4 is 0 Å². The third kappa shape index (κ3) is 4.46. The van der Waals surface area contributed by atoms with Gasteiger partial charge in [0, 0.05) is 0 Å². The van der Waals surface area contributed by atoms with Gasteiger partial charge >= 0.3 is 0 Å². The van der Waals surface area contributed by atoms with Gasteiger partial charge in [-0.15, -0.1) is 0 Å². The fourth-order valence-electron chi connectivity index (χ4n) is 9.98. The van der Waals surface area contributed by atoms with Gasteiger partial charge in [0.25, 0.3) is 0 Å². The summed E-state index contributed by atoms with van der Waals surface area (Å²) in [4.78, 5) is 0. The van der Waals surface area contributed by atoms with Gasteiger partial charge in [-0.1, -0.05) is 46.3 Å². The van der Waals surface area contributed by atoms with E-state index < -0.39 is 11.2 Å². The van der Waals surface area contributed by atoms with E-state index in [-0.39, 0.29) is 0 Å². The lowest BCUT2D eigenvalue weighted by molar-refractivity contribution is -0.0540. The first-order chi connectivity index (χ1) is 16.0. The Morgan fingerprint density at radius 2 is 1.62 bits per heavy atom. The van der Waals surface area contributed by atoms with Gasteiger partial charge in [-0.3, -0.25) is 0 Å². The van der Waals surface area contributed by atoms with E-state index in [1.165, 1.54) is 57.8 Å². The number of rotatable bonds is 5. The SMILES string of the molecule is CC[C@]1(O)CC[C@H]2C(=CC[C@@H]3[C@@H]2CC[C@]2(C)[C@@H]([C@H](C)CCC4(O)CCC(C)(C)CC4)CC[C@@H]32)C1. The van der Waals surface area contributed by atoms with Gasteiger partial charge in [0.2, 0.25) is 0 Å². The van der Waals surface area contributed by atoms with E-state index >= 15 is 0 Å². The molecule has 194 valence electrons. The lowest BCUT2D eigenvalue weighted by Crippen LogP contribution is -2.48. The van der Waals surface area contributed by atoms with Gasteiger partial charge in [-0.25, -0.2) is 0 Å². The molecular formula is C32H54O2. The van der Waals surface area contributed by atoms with Gasteiger partial charge in [0.05, 0.1) is 11.2 Å². The van der Waals surface area contributed by atoms with Gasteiger partial charge in [-0.05, 0) is 143 Å². The van der Waals surface area contributed by atoms with Crippen LogP contribution in [0.15, 0.2) is 11.6 Å². The van der Waals surface area contributed by atoms with Crippen LogP contribution in [-0.4, -0.2) is 21.4 Å². The molecule has 2 heteroatoms. The summed E-state index contributed by atoms with van der Waals surface area (Å²) in [5.41, 5.74) is 1.72. The van der Waals surface area contributed by atoms with Crippen LogP contribution in [0.25, 0.3) is 0 Å². The highest BCUT2D eigenvalue weighted by molar-refractivity contribution is 5.22. The number of fused-ring (bicyclic) bond motifs is 5. The molecule has 0 amide bonds. The summed E-state index contributed by atoms with van der Waals surface area (Å²) in [6.07, 6.45) is 20.2. The van der Waals surface area contributed by atoms with Crippen LogP contribution in [0.4, 0.5) is 0 Å². The third-order valence-electron chi connectivity index (χ3n) is 12.6. The van der Waals surface area contributed by atoms with E-state index in [2.05, 4.69) is 40.7 Å². The molecule has 5 aliphatic rings. The third-order valence-corrected chi connectivity index (χ3v) is 12.6. The molecule has 0 saturated heterocycles. The van der Waals surface area contributed by atoms with Gasteiger partial charge in [0.1, 0.15) is 0 Å². The first-order valence-electron chi connectivity index (χ1n) is 15.1. The van der Waals surface area contributed by atoms with Crippen molar-refractivity contribution in [3.05, 3.63) is 11.6 Å². The van der Waals surface area contributed by atoms with E-state index in [1.807, 2.05) is 0 Å². The number of aliphatic hydroxyl groups is 2. The van der Waals surface area contributed by atoms with Crippen molar-refractivity contribution >= 4 is 0 Å². The molecule has 5 rings (SSSR count). The van der Waals surface area contributed by atoms with Gasteiger partial charge < -0.3 is 10.2 Å². The van der Waals surface area contributed by atoms with Crippen LogP contribution in [0.3, 0.4) is 0 Å². The average molecular weight is 471 g/mol. The van der Waals surface area contributed by atoms with Crippen LogP contribution in [0, 0.1) is 46.3 Å². The quantitative estimate of drug-likeness (QED) is 0.399. The molecule has 0 aromatic rings. The maximum atomic E-state index is 11.3. The number of allylic oxidation sites excluding steroid dienone is 1. The maximum Gasteiger partial charge on any atom is 0.0682 e. The Hall–Kier alpha value is -0.340. The van der Waals surface area contributed by atoms with Crippen molar-refractivity contribution in [3.8, 4) is 0 Å². The van der Waals surface area contributed by atoms with E-state index in [0.29, 0.717) is 10.8 Å². The van der Waals surface area contributed by atoms with Crippen LogP contribution >= 0.6 is 0 Å². The molecule has 4 saturated carbocycles. The van der Waals surface area contributed by atoms with Gasteiger partial charge in [0.15, 0.2) is 0 Å². The van der Waals surface area contributed by atoms with Crippen molar-refractivity contribution in [2.75, 3.05) is 0 Å². The molecule has 0 aliphatic heterocycles. The van der Waals surface area contributed by atoms with E-state index in [1.54, 1.807) is 5.57 Å². The predicted octanol–water partition coefficient (Wildman–Crippen LogP) is 8.06. The second kappa shape index (κ2) is 8.90. The Morgan fingerprint density at radius 3 is 2.32 bits per heavy atom. The van der Waals surface area contributed by atoms with Crippen LogP contribution in [0.2, 0.25) is 0 Å². The van der Waals surface area contributed by atoms with E-state index in [4.69, 9.17) is 0 Å². The number of hydrogen-bond donors (Lipinski definition) is 2. The van der Waals surface area contributed by atoms with Crippen LogP contribution in [-0.2, 0) is 0 Å². The lowest BCUT2D eigenvalue weighted by atomic mass is 9.50. The smallest absolute Gasteiger partial charge is 0.0682 e. The first-order valence-corrected chi connectivity index (χ1v) is 15.1. The Bertz CT molecular complexity index is 772. The zero-order chi connectivity index (χ0) is 24.4. The summed E-state index contributed by atoms with van der Waals surface area (Å²) in [5.74, 6) is 4.97. The maximum absolute atomic E-state index is 11.3. The second-order valence-corrected chi connectivity index (χ2v) is 15.0. The standard InChI is InChI=1S/C32H54O2/c1-6-31(33)16-13-24-23(21-31)7-8-26-25(24)12-14-30(5)27(9-10-28(26)30)22(2)11-15-32(34)19-17-29(3,4)18-20-32/h7,22,24-28,33-34H,6,8-21H2,1-5H3/t22-,24+,25-,26-,27-,28+,30-,31+/m1/s1. The summed E-state index contributed by atoms with van der Waals surface area (Å²) < 4.78 is 0. The van der Waals surface area contributed by atoms with Crippen molar-refractivity contribution in [1.29, 1.82) is 0 Å². The Morgan fingerprint density at radius 1 is 0.882 bits per heavy atom. The van der Waals surface area contributed by atoms with Crippen molar-refractivity contribution in [1.82, 2.24) is 0 Å². The Balaban J connectivity index is 1.23. The molecule has 0 aromatic heterocycles. The zero-order valence-corrected chi connectivity index (χ0v) is 23.0. The molecule has 4 fully saturated rings. The summed E-state index contributed by atoms with van der Waals surface area (Å²) >= 11 is 0. The summed E-state index contributed by atoms with van der Waals surface area (Å²) in [6, 6.07) is 0. The molecule has 0 radical (unpaired) electrons. The monoisotopic (exact) mass is 470 g/mol. The normalized spacial score (nSPS) is 46.1. The minimum atomic E-state index is -0.426. The van der Waals surface area contributed by atoms with Crippen molar-refractivity contribution in [3.63, 3.8) is 0 Å². The largest absolute Gasteiger partial charge is 0.390 e. The molecule has 2 nitrogen and oxygen atoms in total. The molecular weight excluding hydrogens is 416 g/mol. The van der Waals surface area contributed by atoms with E-state index in [0.717, 1.165) is 74.0 Å². The van der Waals surface area contributed by atoms with Gasteiger partial charge in [-0.2, -0.15) is 0 Å². The molecule has 34 heavy (non-hydrogen) atoms. The molecule has 0 heterocycles. The Kier molecular flexibility index (Phi) is 6.62. The molecule has 5 aliphatic carbocycles. The van der Waals surface area contributed by atoms with E-state index in [9.17, 15) is 10.2 Å². The van der Waals surface area contributed by atoms with Crippen molar-refractivity contribution in [2.45, 2.75) is 142 Å². The molecule has 8 atom stereocenters. The minimum absolute atomic E-state index is 0.397. The fraction of sp³-hybridized carbons (Fsp3) is 0.938. The molecule has 0 bridgehead atoms. The highest BCUT2D eigenvalue weighted by atomic mass is 16.3. The number of hydrogen-bond acceptors (Lipinski definition) is 2. The second-order valence-electron chi connectivity index (χ2n) is 15.0. The average Bonchev–Trinajstić information content (AvgIpc) is 3.17. The zero-order valence-electron chi connectivity index (χ0n) is 23.0. The molecule has 0 spiro atoms. The predicted molar refractivity (Wildman–Crippen MR) is 141 cm³/mol. The first kappa shape index (κ1) is 25.3. The topological polar surface area (TPSA) is 40.5 Å². The highest BCUT2D eigenvalue weighted by Crippen LogP contribution is 2.65.